The summed E-state index contributed by atoms with van der Waals surface area (Å²) in [6.45, 7) is 22.4. The Morgan fingerprint density at radius 3 is 2.38 bits per heavy atom. The summed E-state index contributed by atoms with van der Waals surface area (Å²) in [5.41, 5.74) is 4.94. The van der Waals surface area contributed by atoms with Crippen LogP contribution < -0.4 is 5.32 Å². The summed E-state index contributed by atoms with van der Waals surface area (Å²) >= 11 is 0. The number of nitrogens with zero attached hydrogens (tertiary/aromatic N) is 2. The minimum atomic E-state index is 0.337. The first-order valence-electron chi connectivity index (χ1n) is 7.23. The number of hydrogen-bond acceptors (Lipinski definition) is 2. The fraction of sp³-hybridized carbons (Fsp3) is 0.389. The highest BCUT2D eigenvalue weighted by Gasteiger charge is 2.08. The maximum atomic E-state index is 4.46. The molecule has 0 saturated heterocycles. The van der Waals surface area contributed by atoms with Crippen molar-refractivity contribution in [3.63, 3.8) is 0 Å². The standard InChI is InChI=1S/C18H27N3/c1-12(2)9-18(21-11-15(6)20-17(21)8)10-14(5)16(7)19-13(3)4/h10-11,13,19H,1,5,7,9H2,2-4,6,8H3/b18-10-. The first-order chi connectivity index (χ1) is 9.70. The molecule has 0 bridgehead atoms. The summed E-state index contributed by atoms with van der Waals surface area (Å²) in [5.74, 6) is 0.968. The monoisotopic (exact) mass is 285 g/mol. The van der Waals surface area contributed by atoms with Gasteiger partial charge in [-0.3, -0.25) is 0 Å². The molecule has 0 amide bonds. The lowest BCUT2D eigenvalue weighted by Gasteiger charge is -2.16. The number of aryl methyl sites for hydroxylation is 2. The van der Waals surface area contributed by atoms with Crippen LogP contribution in [0.15, 0.2) is 48.9 Å². The summed E-state index contributed by atoms with van der Waals surface area (Å²) in [6, 6.07) is 0.337. The van der Waals surface area contributed by atoms with Crippen molar-refractivity contribution in [2.45, 2.75) is 47.1 Å². The highest BCUT2D eigenvalue weighted by Crippen LogP contribution is 2.21. The lowest BCUT2D eigenvalue weighted by molar-refractivity contribution is 0.679. The summed E-state index contributed by atoms with van der Waals surface area (Å²) in [4.78, 5) is 4.46. The van der Waals surface area contributed by atoms with Crippen LogP contribution >= 0.6 is 0 Å². The van der Waals surface area contributed by atoms with E-state index in [0.717, 1.165) is 40.5 Å². The first-order valence-corrected chi connectivity index (χ1v) is 7.23. The van der Waals surface area contributed by atoms with Gasteiger partial charge in [0, 0.05) is 30.1 Å². The molecular weight excluding hydrogens is 258 g/mol. The maximum Gasteiger partial charge on any atom is 0.110 e. The van der Waals surface area contributed by atoms with Crippen molar-refractivity contribution in [2.24, 2.45) is 0 Å². The third-order valence-corrected chi connectivity index (χ3v) is 2.99. The van der Waals surface area contributed by atoms with Crippen molar-refractivity contribution in [3.8, 4) is 0 Å². The molecule has 0 aliphatic heterocycles. The highest BCUT2D eigenvalue weighted by atomic mass is 15.1. The Hall–Kier alpha value is -2.03. The van der Waals surface area contributed by atoms with Gasteiger partial charge in [0.05, 0.1) is 5.69 Å². The van der Waals surface area contributed by atoms with Crippen LogP contribution in [0.4, 0.5) is 0 Å². The summed E-state index contributed by atoms with van der Waals surface area (Å²) in [5, 5.41) is 3.29. The number of hydrogen-bond donors (Lipinski definition) is 1. The van der Waals surface area contributed by atoms with E-state index in [-0.39, 0.29) is 0 Å². The molecule has 0 unspecified atom stereocenters. The predicted molar refractivity (Wildman–Crippen MR) is 92.0 cm³/mol. The number of allylic oxidation sites excluding steroid dienone is 3. The Morgan fingerprint density at radius 1 is 1.33 bits per heavy atom. The van der Waals surface area contributed by atoms with Gasteiger partial charge in [-0.1, -0.05) is 25.3 Å². The van der Waals surface area contributed by atoms with E-state index in [1.807, 2.05) is 27.0 Å². The van der Waals surface area contributed by atoms with E-state index in [1.165, 1.54) is 0 Å². The predicted octanol–water partition coefficient (Wildman–Crippen LogP) is 4.37. The number of aromatic nitrogens is 2. The molecular formula is C18H27N3. The molecule has 0 fully saturated rings. The fourth-order valence-corrected chi connectivity index (χ4v) is 2.15. The molecule has 1 N–H and O–H groups in total. The van der Waals surface area contributed by atoms with Gasteiger partial charge in [0.25, 0.3) is 0 Å². The van der Waals surface area contributed by atoms with Crippen LogP contribution in [-0.4, -0.2) is 15.6 Å². The number of imidazole rings is 1. The molecule has 0 aliphatic rings. The van der Waals surface area contributed by atoms with E-state index in [9.17, 15) is 0 Å². The van der Waals surface area contributed by atoms with Crippen molar-refractivity contribution in [3.05, 3.63) is 60.4 Å². The molecule has 0 radical (unpaired) electrons. The molecule has 1 heterocycles. The van der Waals surface area contributed by atoms with E-state index < -0.39 is 0 Å². The van der Waals surface area contributed by atoms with Crippen molar-refractivity contribution in [1.29, 1.82) is 0 Å². The van der Waals surface area contributed by atoms with Gasteiger partial charge in [0.2, 0.25) is 0 Å². The molecule has 0 atom stereocenters. The Morgan fingerprint density at radius 2 is 1.95 bits per heavy atom. The van der Waals surface area contributed by atoms with Gasteiger partial charge in [-0.05, 0) is 46.3 Å². The molecule has 1 aromatic rings. The zero-order valence-corrected chi connectivity index (χ0v) is 14.0. The zero-order chi connectivity index (χ0) is 16.2. The second-order valence-corrected chi connectivity index (χ2v) is 5.87. The van der Waals surface area contributed by atoms with E-state index in [2.05, 4.69) is 54.5 Å². The summed E-state index contributed by atoms with van der Waals surface area (Å²) in [6.07, 6.45) is 4.88. The van der Waals surface area contributed by atoms with Crippen LogP contribution in [0.3, 0.4) is 0 Å². The molecule has 1 aromatic heterocycles. The van der Waals surface area contributed by atoms with E-state index in [0.29, 0.717) is 6.04 Å². The molecule has 0 aliphatic carbocycles. The molecule has 3 nitrogen and oxygen atoms in total. The molecule has 0 saturated carbocycles. The Balaban J connectivity index is 3.10. The van der Waals surface area contributed by atoms with Crippen molar-refractivity contribution in [1.82, 2.24) is 14.9 Å². The van der Waals surface area contributed by atoms with Gasteiger partial charge >= 0.3 is 0 Å². The largest absolute Gasteiger partial charge is 0.383 e. The second-order valence-electron chi connectivity index (χ2n) is 5.87. The maximum absolute atomic E-state index is 4.46. The van der Waals surface area contributed by atoms with Gasteiger partial charge < -0.3 is 9.88 Å². The minimum Gasteiger partial charge on any atom is -0.383 e. The van der Waals surface area contributed by atoms with Crippen LogP contribution in [-0.2, 0) is 0 Å². The van der Waals surface area contributed by atoms with E-state index in [4.69, 9.17) is 0 Å². The smallest absolute Gasteiger partial charge is 0.110 e. The van der Waals surface area contributed by atoms with Gasteiger partial charge in [0.15, 0.2) is 0 Å². The Kier molecular flexibility index (Phi) is 5.77. The third kappa shape index (κ3) is 5.10. The van der Waals surface area contributed by atoms with Crippen LogP contribution in [0.1, 0.15) is 38.7 Å². The zero-order valence-electron chi connectivity index (χ0n) is 14.0. The first kappa shape index (κ1) is 17.0. The normalized spacial score (nSPS) is 11.6. The van der Waals surface area contributed by atoms with Crippen LogP contribution in [0, 0.1) is 13.8 Å². The van der Waals surface area contributed by atoms with Crippen LogP contribution in [0.2, 0.25) is 0 Å². The fourth-order valence-electron chi connectivity index (χ4n) is 2.15. The SMILES string of the molecule is C=C(C)C/C(=C/C(=C)C(=C)NC(C)C)n1cc(C)nc1C. The molecule has 0 spiro atoms. The summed E-state index contributed by atoms with van der Waals surface area (Å²) in [7, 11) is 0. The van der Waals surface area contributed by atoms with Crippen molar-refractivity contribution >= 4 is 5.70 Å². The minimum absolute atomic E-state index is 0.337. The summed E-state index contributed by atoms with van der Waals surface area (Å²) < 4.78 is 2.10. The Labute approximate surface area is 128 Å². The van der Waals surface area contributed by atoms with Crippen molar-refractivity contribution < 1.29 is 0 Å². The van der Waals surface area contributed by atoms with E-state index in [1.54, 1.807) is 0 Å². The third-order valence-electron chi connectivity index (χ3n) is 2.99. The van der Waals surface area contributed by atoms with Gasteiger partial charge in [-0.25, -0.2) is 4.98 Å². The topological polar surface area (TPSA) is 29.9 Å². The highest BCUT2D eigenvalue weighted by molar-refractivity contribution is 5.57. The second kappa shape index (κ2) is 7.11. The average Bonchev–Trinajstić information content (AvgIpc) is 2.66. The molecule has 3 heteroatoms. The van der Waals surface area contributed by atoms with Crippen LogP contribution in [0.25, 0.3) is 5.70 Å². The van der Waals surface area contributed by atoms with Gasteiger partial charge in [-0.15, -0.1) is 0 Å². The number of nitrogens with one attached hydrogen (secondary N) is 1. The van der Waals surface area contributed by atoms with Gasteiger partial charge in [0.1, 0.15) is 5.82 Å². The quantitative estimate of drug-likeness (QED) is 0.595. The molecule has 21 heavy (non-hydrogen) atoms. The lowest BCUT2D eigenvalue weighted by Crippen LogP contribution is -2.21. The molecule has 114 valence electrons. The molecule has 1 rings (SSSR count). The van der Waals surface area contributed by atoms with E-state index >= 15 is 0 Å². The van der Waals surface area contributed by atoms with Crippen molar-refractivity contribution in [2.75, 3.05) is 0 Å². The van der Waals surface area contributed by atoms with Gasteiger partial charge in [-0.2, -0.15) is 0 Å². The lowest BCUT2D eigenvalue weighted by atomic mass is 10.1. The average molecular weight is 285 g/mol. The Bertz CT molecular complexity index is 586. The van der Waals surface area contributed by atoms with Crippen LogP contribution in [0.5, 0.6) is 0 Å². The number of rotatable bonds is 7. The molecule has 0 aromatic carbocycles.